The Morgan fingerprint density at radius 2 is 1.52 bits per heavy atom. The SMILES string of the molecule is Cc1ccc(Oc2ccc(OCC(=O)N3CCC(NC(=O)c4ccc(C)o4)CC3)cc2)cc1. The van der Waals surface area contributed by atoms with Crippen LogP contribution in [0.2, 0.25) is 0 Å². The summed E-state index contributed by atoms with van der Waals surface area (Å²) in [6, 6.07) is 18.5. The Morgan fingerprint density at radius 3 is 2.12 bits per heavy atom. The normalized spacial score (nSPS) is 14.1. The van der Waals surface area contributed by atoms with Gasteiger partial charge in [0.15, 0.2) is 12.4 Å². The van der Waals surface area contributed by atoms with Gasteiger partial charge in [-0.05, 0) is 75.2 Å². The Bertz CT molecular complexity index is 1080. The number of nitrogens with zero attached hydrogens (tertiary/aromatic N) is 1. The lowest BCUT2D eigenvalue weighted by molar-refractivity contribution is -0.134. The van der Waals surface area contributed by atoms with Gasteiger partial charge in [-0.1, -0.05) is 17.7 Å². The van der Waals surface area contributed by atoms with E-state index in [0.717, 1.165) is 5.75 Å². The molecule has 7 heteroatoms. The van der Waals surface area contributed by atoms with Crippen molar-refractivity contribution in [3.8, 4) is 17.2 Å². The minimum Gasteiger partial charge on any atom is -0.484 e. The van der Waals surface area contributed by atoms with Crippen LogP contribution in [0, 0.1) is 13.8 Å². The van der Waals surface area contributed by atoms with Gasteiger partial charge in [0, 0.05) is 19.1 Å². The molecule has 0 unspecified atom stereocenters. The van der Waals surface area contributed by atoms with Crippen molar-refractivity contribution in [1.82, 2.24) is 10.2 Å². The topological polar surface area (TPSA) is 81.0 Å². The lowest BCUT2D eigenvalue weighted by Crippen LogP contribution is -2.47. The van der Waals surface area contributed by atoms with Gasteiger partial charge in [-0.2, -0.15) is 0 Å². The van der Waals surface area contributed by atoms with Crippen LogP contribution in [0.1, 0.15) is 34.7 Å². The van der Waals surface area contributed by atoms with Gasteiger partial charge in [0.05, 0.1) is 0 Å². The fourth-order valence-corrected chi connectivity index (χ4v) is 3.67. The second kappa shape index (κ2) is 10.3. The van der Waals surface area contributed by atoms with Crippen molar-refractivity contribution in [3.05, 3.63) is 77.7 Å². The third-order valence-corrected chi connectivity index (χ3v) is 5.59. The van der Waals surface area contributed by atoms with Crippen LogP contribution in [-0.2, 0) is 4.79 Å². The molecule has 4 rings (SSSR count). The smallest absolute Gasteiger partial charge is 0.287 e. The zero-order chi connectivity index (χ0) is 23.2. The van der Waals surface area contributed by atoms with Crippen molar-refractivity contribution in [2.45, 2.75) is 32.7 Å². The van der Waals surface area contributed by atoms with E-state index in [-0.39, 0.29) is 24.5 Å². The molecule has 2 heterocycles. The van der Waals surface area contributed by atoms with E-state index in [2.05, 4.69) is 5.32 Å². The van der Waals surface area contributed by atoms with Gasteiger partial charge >= 0.3 is 0 Å². The van der Waals surface area contributed by atoms with E-state index in [1.54, 1.807) is 36.1 Å². The second-order valence-corrected chi connectivity index (χ2v) is 8.21. The molecule has 33 heavy (non-hydrogen) atoms. The molecule has 0 radical (unpaired) electrons. The average molecular weight is 449 g/mol. The average Bonchev–Trinajstić information content (AvgIpc) is 3.27. The van der Waals surface area contributed by atoms with E-state index in [4.69, 9.17) is 13.9 Å². The van der Waals surface area contributed by atoms with Crippen LogP contribution in [-0.4, -0.2) is 42.5 Å². The molecule has 172 valence electrons. The highest BCUT2D eigenvalue weighted by molar-refractivity contribution is 5.91. The molecule has 7 nitrogen and oxygen atoms in total. The molecule has 0 aliphatic carbocycles. The number of hydrogen-bond acceptors (Lipinski definition) is 5. The quantitative estimate of drug-likeness (QED) is 0.576. The zero-order valence-electron chi connectivity index (χ0n) is 18.9. The molecule has 1 aromatic heterocycles. The van der Waals surface area contributed by atoms with Crippen molar-refractivity contribution in [3.63, 3.8) is 0 Å². The highest BCUT2D eigenvalue weighted by Gasteiger charge is 2.25. The minimum absolute atomic E-state index is 0.0222. The molecule has 3 aromatic rings. The van der Waals surface area contributed by atoms with E-state index in [1.807, 2.05) is 43.3 Å². The van der Waals surface area contributed by atoms with Crippen molar-refractivity contribution in [2.24, 2.45) is 0 Å². The van der Waals surface area contributed by atoms with Gasteiger partial charge in [0.25, 0.3) is 11.8 Å². The van der Waals surface area contributed by atoms with Gasteiger partial charge in [-0.25, -0.2) is 0 Å². The number of piperidine rings is 1. The Hall–Kier alpha value is -3.74. The van der Waals surface area contributed by atoms with Crippen molar-refractivity contribution < 1.29 is 23.5 Å². The summed E-state index contributed by atoms with van der Waals surface area (Å²) in [5, 5.41) is 2.98. The van der Waals surface area contributed by atoms with Gasteiger partial charge in [-0.3, -0.25) is 9.59 Å². The van der Waals surface area contributed by atoms with E-state index in [9.17, 15) is 9.59 Å². The molecule has 0 saturated carbocycles. The summed E-state index contributed by atoms with van der Waals surface area (Å²) in [7, 11) is 0. The summed E-state index contributed by atoms with van der Waals surface area (Å²) in [6.45, 7) is 4.96. The van der Waals surface area contributed by atoms with Crippen molar-refractivity contribution in [2.75, 3.05) is 19.7 Å². The van der Waals surface area contributed by atoms with Crippen molar-refractivity contribution >= 4 is 11.8 Å². The maximum absolute atomic E-state index is 12.5. The van der Waals surface area contributed by atoms with Crippen LogP contribution in [0.25, 0.3) is 0 Å². The second-order valence-electron chi connectivity index (χ2n) is 8.21. The molecule has 2 aromatic carbocycles. The molecule has 1 aliphatic heterocycles. The van der Waals surface area contributed by atoms with Gasteiger partial charge in [-0.15, -0.1) is 0 Å². The molecular formula is C26H28N2O5. The Kier molecular flexibility index (Phi) is 6.98. The third kappa shape index (κ3) is 6.16. The van der Waals surface area contributed by atoms with Crippen LogP contribution >= 0.6 is 0 Å². The number of furan rings is 1. The van der Waals surface area contributed by atoms with E-state index < -0.39 is 0 Å². The first-order chi connectivity index (χ1) is 16.0. The first-order valence-corrected chi connectivity index (χ1v) is 11.1. The van der Waals surface area contributed by atoms with Crippen LogP contribution < -0.4 is 14.8 Å². The number of aryl methyl sites for hydroxylation is 2. The number of carbonyl (C=O) groups excluding carboxylic acids is 2. The third-order valence-electron chi connectivity index (χ3n) is 5.59. The van der Waals surface area contributed by atoms with E-state index in [0.29, 0.717) is 49.0 Å². The number of ether oxygens (including phenoxy) is 2. The standard InChI is InChI=1S/C26H28N2O5/c1-18-3-6-22(7-4-18)33-23-10-8-21(9-11-23)31-17-25(29)28-15-13-20(14-16-28)27-26(30)24-12-5-19(2)32-24/h3-12,20H,13-17H2,1-2H3,(H,27,30). The summed E-state index contributed by atoms with van der Waals surface area (Å²) < 4.78 is 16.8. The number of hydrogen-bond donors (Lipinski definition) is 1. The molecule has 1 fully saturated rings. The summed E-state index contributed by atoms with van der Waals surface area (Å²) in [6.07, 6.45) is 1.39. The monoisotopic (exact) mass is 448 g/mol. The van der Waals surface area contributed by atoms with Gasteiger partial charge in [0.1, 0.15) is 23.0 Å². The molecule has 2 amide bonds. The summed E-state index contributed by atoms with van der Waals surface area (Å²) in [4.78, 5) is 26.5. The first kappa shape index (κ1) is 22.5. The van der Waals surface area contributed by atoms with E-state index in [1.165, 1.54) is 5.56 Å². The molecule has 1 saturated heterocycles. The number of nitrogens with one attached hydrogen (secondary N) is 1. The zero-order valence-corrected chi connectivity index (χ0v) is 18.9. The Balaban J connectivity index is 1.19. The number of likely N-dealkylation sites (tertiary alicyclic amines) is 1. The summed E-state index contributed by atoms with van der Waals surface area (Å²) >= 11 is 0. The van der Waals surface area contributed by atoms with Crippen LogP contribution in [0.15, 0.2) is 65.1 Å². The van der Waals surface area contributed by atoms with Gasteiger partial charge < -0.3 is 24.1 Å². The molecule has 0 bridgehead atoms. The number of benzene rings is 2. The Labute approximate surface area is 193 Å². The fourth-order valence-electron chi connectivity index (χ4n) is 3.67. The summed E-state index contributed by atoms with van der Waals surface area (Å²) in [5.41, 5.74) is 1.17. The lowest BCUT2D eigenvalue weighted by Gasteiger charge is -2.32. The summed E-state index contributed by atoms with van der Waals surface area (Å²) in [5.74, 6) is 2.81. The predicted molar refractivity (Wildman–Crippen MR) is 124 cm³/mol. The largest absolute Gasteiger partial charge is 0.484 e. The minimum atomic E-state index is -0.217. The van der Waals surface area contributed by atoms with E-state index >= 15 is 0 Å². The molecule has 1 N–H and O–H groups in total. The first-order valence-electron chi connectivity index (χ1n) is 11.1. The highest BCUT2D eigenvalue weighted by Crippen LogP contribution is 2.24. The molecular weight excluding hydrogens is 420 g/mol. The van der Waals surface area contributed by atoms with Crippen LogP contribution in [0.4, 0.5) is 0 Å². The maximum atomic E-state index is 12.5. The molecule has 1 aliphatic rings. The number of carbonyl (C=O) groups is 2. The number of rotatable bonds is 7. The number of amides is 2. The Morgan fingerprint density at radius 1 is 0.909 bits per heavy atom. The maximum Gasteiger partial charge on any atom is 0.287 e. The van der Waals surface area contributed by atoms with Crippen LogP contribution in [0.3, 0.4) is 0 Å². The lowest BCUT2D eigenvalue weighted by atomic mass is 10.0. The van der Waals surface area contributed by atoms with Crippen molar-refractivity contribution in [1.29, 1.82) is 0 Å². The highest BCUT2D eigenvalue weighted by atomic mass is 16.5. The molecule has 0 spiro atoms. The van der Waals surface area contributed by atoms with Gasteiger partial charge in [0.2, 0.25) is 0 Å². The molecule has 0 atom stereocenters. The fraction of sp³-hybridized carbons (Fsp3) is 0.308. The predicted octanol–water partition coefficient (Wildman–Crippen LogP) is 4.49. The van der Waals surface area contributed by atoms with Crippen LogP contribution in [0.5, 0.6) is 17.2 Å².